The summed E-state index contributed by atoms with van der Waals surface area (Å²) in [7, 11) is 0. The van der Waals surface area contributed by atoms with Crippen molar-refractivity contribution in [3.05, 3.63) is 108 Å². The molecule has 0 saturated heterocycles. The van der Waals surface area contributed by atoms with E-state index >= 15 is 0 Å². The summed E-state index contributed by atoms with van der Waals surface area (Å²) < 4.78 is 0. The molecule has 6 aromatic rings. The highest BCUT2D eigenvalue weighted by Gasteiger charge is 2.23. The lowest BCUT2D eigenvalue weighted by atomic mass is 9.97. The maximum absolute atomic E-state index is 13.1. The Hall–Kier alpha value is -5.31. The Kier molecular flexibility index (Phi) is 6.30. The van der Waals surface area contributed by atoms with Crippen LogP contribution < -0.4 is 10.6 Å². The molecule has 0 bridgehead atoms. The van der Waals surface area contributed by atoms with Crippen molar-refractivity contribution in [1.82, 2.24) is 30.2 Å². The quantitative estimate of drug-likeness (QED) is 0.239. The van der Waals surface area contributed by atoms with E-state index in [2.05, 4.69) is 35.6 Å². The Morgan fingerprint density at radius 3 is 2.56 bits per heavy atom. The average Bonchev–Trinajstić information content (AvgIpc) is 3.63. The van der Waals surface area contributed by atoms with Crippen molar-refractivity contribution in [2.75, 3.05) is 11.9 Å². The maximum atomic E-state index is 13.1. The van der Waals surface area contributed by atoms with E-state index in [1.165, 1.54) is 0 Å². The number of benzene rings is 3. The minimum Gasteiger partial charge on any atom is -0.351 e. The molecule has 0 fully saturated rings. The largest absolute Gasteiger partial charge is 0.351 e. The number of hydrogen-bond acceptors (Lipinski definition) is 5. The highest BCUT2D eigenvalue weighted by Crippen LogP contribution is 2.24. The zero-order valence-corrected chi connectivity index (χ0v) is 21.1. The van der Waals surface area contributed by atoms with Crippen LogP contribution in [0.5, 0.6) is 0 Å². The second-order valence-corrected chi connectivity index (χ2v) is 9.33. The number of anilines is 1. The van der Waals surface area contributed by atoms with Crippen LogP contribution in [0.4, 0.5) is 5.95 Å². The highest BCUT2D eigenvalue weighted by atomic mass is 16.2. The molecule has 0 aliphatic carbocycles. The van der Waals surface area contributed by atoms with E-state index < -0.39 is 5.92 Å². The Morgan fingerprint density at radius 1 is 0.949 bits per heavy atom. The fourth-order valence-electron chi connectivity index (χ4n) is 4.48. The molecule has 0 radical (unpaired) electrons. The van der Waals surface area contributed by atoms with Gasteiger partial charge in [0, 0.05) is 36.1 Å². The minimum atomic E-state index is -0.610. The van der Waals surface area contributed by atoms with Crippen LogP contribution in [0.1, 0.15) is 27.4 Å². The number of imidazole rings is 2. The first-order valence-corrected chi connectivity index (χ1v) is 12.5. The molecular weight excluding hydrogens is 490 g/mol. The van der Waals surface area contributed by atoms with Gasteiger partial charge in [0.15, 0.2) is 5.82 Å². The summed E-state index contributed by atoms with van der Waals surface area (Å²) in [5.41, 5.74) is 4.50. The number of hydrogen-bond donors (Lipinski definition) is 4. The van der Waals surface area contributed by atoms with Gasteiger partial charge in [0.05, 0.1) is 17.0 Å². The molecule has 0 saturated carbocycles. The van der Waals surface area contributed by atoms with E-state index in [-0.39, 0.29) is 18.4 Å². The van der Waals surface area contributed by atoms with Crippen molar-refractivity contribution in [3.63, 3.8) is 0 Å². The van der Waals surface area contributed by atoms with Crippen molar-refractivity contribution < 1.29 is 9.59 Å². The fraction of sp³-hybridized carbons (Fsp3) is 0.100. The van der Waals surface area contributed by atoms with Gasteiger partial charge in [-0.15, -0.1) is 0 Å². The third-order valence-corrected chi connectivity index (χ3v) is 6.62. The Labute approximate surface area is 223 Å². The number of nitrogens with one attached hydrogen (secondary N) is 4. The summed E-state index contributed by atoms with van der Waals surface area (Å²) in [5, 5.41) is 7.82. The predicted octanol–water partition coefficient (Wildman–Crippen LogP) is 4.96. The van der Waals surface area contributed by atoms with E-state index in [1.54, 1.807) is 30.6 Å². The molecule has 2 amide bonds. The smallest absolute Gasteiger partial charge is 0.251 e. The van der Waals surface area contributed by atoms with Gasteiger partial charge in [-0.05, 0) is 42.1 Å². The predicted molar refractivity (Wildman–Crippen MR) is 150 cm³/mol. The Morgan fingerprint density at radius 2 is 1.77 bits per heavy atom. The first-order chi connectivity index (χ1) is 19.0. The summed E-state index contributed by atoms with van der Waals surface area (Å²) in [6.07, 6.45) is 5.01. The molecule has 1 unspecified atom stereocenters. The second kappa shape index (κ2) is 10.2. The number of carbonyl (C=O) groups is 2. The minimum absolute atomic E-state index is 0.113. The lowest BCUT2D eigenvalue weighted by molar-refractivity contribution is -0.117. The van der Waals surface area contributed by atoms with Crippen molar-refractivity contribution in [2.45, 2.75) is 12.8 Å². The number of aromatic amines is 2. The number of aromatic nitrogens is 5. The van der Waals surface area contributed by atoms with Crippen molar-refractivity contribution in [2.24, 2.45) is 0 Å². The van der Waals surface area contributed by atoms with Gasteiger partial charge < -0.3 is 15.3 Å². The standard InChI is InChI=1S/C30H25N7O2/c1-18-6-8-19(9-7-18)23(29(39)37-30-31-12-13-32-30)17-34-28(38)21-10-11-24-25(15-21)36-27(35-24)26-14-20-4-2-3-5-22(20)16-33-26/h2-16,23H,17H2,1H3,(H,34,38)(H,35,36)(H2,31,32,37,39). The third kappa shape index (κ3) is 5.10. The zero-order chi connectivity index (χ0) is 26.8. The van der Waals surface area contributed by atoms with Crippen molar-refractivity contribution in [3.8, 4) is 11.5 Å². The second-order valence-electron chi connectivity index (χ2n) is 9.33. The Balaban J connectivity index is 1.21. The molecule has 6 rings (SSSR count). The number of fused-ring (bicyclic) bond motifs is 2. The lowest BCUT2D eigenvalue weighted by Crippen LogP contribution is -2.34. The van der Waals surface area contributed by atoms with Crippen LogP contribution in [-0.4, -0.2) is 43.3 Å². The topological polar surface area (TPSA) is 128 Å². The van der Waals surface area contributed by atoms with Gasteiger partial charge >= 0.3 is 0 Å². The molecule has 3 aromatic carbocycles. The fourth-order valence-corrected chi connectivity index (χ4v) is 4.48. The molecule has 1 atom stereocenters. The molecule has 3 aromatic heterocycles. The molecule has 3 heterocycles. The van der Waals surface area contributed by atoms with Gasteiger partial charge in [0.1, 0.15) is 5.69 Å². The molecule has 0 aliphatic rings. The molecule has 9 nitrogen and oxygen atoms in total. The monoisotopic (exact) mass is 515 g/mol. The van der Waals surface area contributed by atoms with Crippen LogP contribution in [0.3, 0.4) is 0 Å². The van der Waals surface area contributed by atoms with Crippen LogP contribution in [0, 0.1) is 6.92 Å². The number of rotatable bonds is 7. The summed E-state index contributed by atoms with van der Waals surface area (Å²) in [4.78, 5) is 45.6. The van der Waals surface area contributed by atoms with E-state index in [0.29, 0.717) is 17.3 Å². The van der Waals surface area contributed by atoms with Crippen LogP contribution in [0.15, 0.2) is 91.4 Å². The van der Waals surface area contributed by atoms with E-state index in [1.807, 2.05) is 67.7 Å². The lowest BCUT2D eigenvalue weighted by Gasteiger charge is -2.17. The van der Waals surface area contributed by atoms with Gasteiger partial charge in [-0.2, -0.15) is 0 Å². The SMILES string of the molecule is Cc1ccc(C(CNC(=O)c2ccc3nc(-c4cc5ccccc5cn4)[nH]c3c2)C(=O)Nc2ncc[nH]2)cc1. The number of carbonyl (C=O) groups excluding carboxylic acids is 2. The summed E-state index contributed by atoms with van der Waals surface area (Å²) in [5.74, 6) is -0.196. The zero-order valence-electron chi connectivity index (χ0n) is 21.1. The van der Waals surface area contributed by atoms with Gasteiger partial charge in [0.25, 0.3) is 5.91 Å². The van der Waals surface area contributed by atoms with Gasteiger partial charge in [-0.25, -0.2) is 9.97 Å². The summed E-state index contributed by atoms with van der Waals surface area (Å²) in [6.45, 7) is 2.10. The number of aryl methyl sites for hydroxylation is 1. The molecule has 192 valence electrons. The number of nitrogens with zero attached hydrogens (tertiary/aromatic N) is 3. The first-order valence-electron chi connectivity index (χ1n) is 12.5. The normalized spacial score (nSPS) is 11.9. The summed E-state index contributed by atoms with van der Waals surface area (Å²) >= 11 is 0. The third-order valence-electron chi connectivity index (χ3n) is 6.62. The number of amides is 2. The van der Waals surface area contributed by atoms with Crippen LogP contribution in [0.2, 0.25) is 0 Å². The van der Waals surface area contributed by atoms with Gasteiger partial charge in [-0.3, -0.25) is 19.9 Å². The van der Waals surface area contributed by atoms with E-state index in [4.69, 9.17) is 0 Å². The van der Waals surface area contributed by atoms with E-state index in [0.717, 1.165) is 38.6 Å². The molecule has 0 aliphatic heterocycles. The van der Waals surface area contributed by atoms with E-state index in [9.17, 15) is 9.59 Å². The number of H-pyrrole nitrogens is 2. The molecule has 4 N–H and O–H groups in total. The van der Waals surface area contributed by atoms with Crippen molar-refractivity contribution in [1.29, 1.82) is 0 Å². The Bertz CT molecular complexity index is 1790. The van der Waals surface area contributed by atoms with Crippen LogP contribution in [-0.2, 0) is 4.79 Å². The van der Waals surface area contributed by atoms with Gasteiger partial charge in [-0.1, -0.05) is 54.1 Å². The number of pyridine rings is 1. The van der Waals surface area contributed by atoms with Crippen LogP contribution >= 0.6 is 0 Å². The maximum Gasteiger partial charge on any atom is 0.251 e. The van der Waals surface area contributed by atoms with Crippen molar-refractivity contribution >= 4 is 39.6 Å². The summed E-state index contributed by atoms with van der Waals surface area (Å²) in [6, 6.07) is 22.9. The average molecular weight is 516 g/mol. The highest BCUT2D eigenvalue weighted by molar-refractivity contribution is 5.99. The van der Waals surface area contributed by atoms with Crippen LogP contribution in [0.25, 0.3) is 33.3 Å². The van der Waals surface area contributed by atoms with Gasteiger partial charge in [0.2, 0.25) is 11.9 Å². The molecule has 39 heavy (non-hydrogen) atoms. The molecule has 9 heteroatoms. The molecular formula is C30H25N7O2. The molecule has 0 spiro atoms. The first kappa shape index (κ1) is 24.1.